The number of hydrogen-bond donors (Lipinski definition) is 0. The maximum Gasteiger partial charge on any atom is 0.245 e. The minimum atomic E-state index is -0.283. The van der Waals surface area contributed by atoms with E-state index in [4.69, 9.17) is 4.42 Å². The second-order valence-corrected chi connectivity index (χ2v) is 7.47. The summed E-state index contributed by atoms with van der Waals surface area (Å²) >= 11 is 3.62. The Morgan fingerprint density at radius 1 is 1.18 bits per heavy atom. The smallest absolute Gasteiger partial charge is 0.245 e. The zero-order valence-corrected chi connectivity index (χ0v) is 17.0. The van der Waals surface area contributed by atoms with Crippen LogP contribution < -0.4 is 4.90 Å². The number of hydrogen-bond acceptors (Lipinski definition) is 4. The molecule has 5 nitrogen and oxygen atoms in total. The molecule has 0 atom stereocenters. The number of anilines is 1. The Balaban J connectivity index is 1.78. The standard InChI is InChI=1S/C21H17BrFN3O2/c1-12-7-8-14(9-17(12)23)11-26-18-6-4-3-5-15(18)20(22)16(10-19(26)27)21-25-24-13(2)28-21/h3-9H,10-11H2,1-2H3. The van der Waals surface area contributed by atoms with Crippen molar-refractivity contribution >= 4 is 37.6 Å². The van der Waals surface area contributed by atoms with Crippen LogP contribution in [-0.2, 0) is 11.3 Å². The first-order valence-electron chi connectivity index (χ1n) is 8.78. The van der Waals surface area contributed by atoms with Crippen LogP contribution in [0.3, 0.4) is 0 Å². The molecule has 0 fully saturated rings. The predicted octanol–water partition coefficient (Wildman–Crippen LogP) is 5.03. The van der Waals surface area contributed by atoms with Gasteiger partial charge in [0.05, 0.1) is 18.7 Å². The fourth-order valence-electron chi connectivity index (χ4n) is 3.19. The van der Waals surface area contributed by atoms with Crippen molar-refractivity contribution in [1.82, 2.24) is 10.2 Å². The zero-order chi connectivity index (χ0) is 19.8. The Labute approximate surface area is 170 Å². The van der Waals surface area contributed by atoms with Crippen LogP contribution >= 0.6 is 15.9 Å². The van der Waals surface area contributed by atoms with Gasteiger partial charge in [0.1, 0.15) is 5.82 Å². The summed E-state index contributed by atoms with van der Waals surface area (Å²) in [6, 6.07) is 12.6. The summed E-state index contributed by atoms with van der Waals surface area (Å²) in [5.41, 5.74) is 3.51. The van der Waals surface area contributed by atoms with Crippen LogP contribution in [0.5, 0.6) is 0 Å². The van der Waals surface area contributed by atoms with E-state index in [1.54, 1.807) is 24.8 Å². The lowest BCUT2D eigenvalue weighted by atomic mass is 10.1. The molecule has 28 heavy (non-hydrogen) atoms. The molecule has 1 aliphatic rings. The van der Waals surface area contributed by atoms with E-state index >= 15 is 0 Å². The summed E-state index contributed by atoms with van der Waals surface area (Å²) in [6.45, 7) is 3.68. The highest BCUT2D eigenvalue weighted by Crippen LogP contribution is 2.41. The van der Waals surface area contributed by atoms with E-state index in [-0.39, 0.29) is 24.7 Å². The predicted molar refractivity (Wildman–Crippen MR) is 108 cm³/mol. The van der Waals surface area contributed by atoms with Crippen LogP contribution in [-0.4, -0.2) is 16.1 Å². The number of fused-ring (bicyclic) bond motifs is 1. The first-order valence-corrected chi connectivity index (χ1v) is 9.57. The minimum Gasteiger partial charge on any atom is -0.421 e. The number of amides is 1. The van der Waals surface area contributed by atoms with Crippen LogP contribution in [0.25, 0.3) is 10.1 Å². The van der Waals surface area contributed by atoms with Crippen LogP contribution in [0.2, 0.25) is 0 Å². The third-order valence-electron chi connectivity index (χ3n) is 4.69. The first kappa shape index (κ1) is 18.6. The molecule has 0 spiro atoms. The van der Waals surface area contributed by atoms with Crippen molar-refractivity contribution in [1.29, 1.82) is 0 Å². The molecule has 0 N–H and O–H groups in total. The van der Waals surface area contributed by atoms with Crippen LogP contribution in [0.4, 0.5) is 10.1 Å². The second-order valence-electron chi connectivity index (χ2n) is 6.68. The number of para-hydroxylation sites is 1. The Morgan fingerprint density at radius 3 is 2.68 bits per heavy atom. The lowest BCUT2D eigenvalue weighted by molar-refractivity contribution is -0.117. The second kappa shape index (κ2) is 7.31. The van der Waals surface area contributed by atoms with Gasteiger partial charge in [0.15, 0.2) is 0 Å². The number of halogens is 2. The summed E-state index contributed by atoms with van der Waals surface area (Å²) in [5.74, 6) is 0.332. The Hall–Kier alpha value is -2.80. The van der Waals surface area contributed by atoms with Gasteiger partial charge in [-0.1, -0.05) is 30.3 Å². The van der Waals surface area contributed by atoms with Gasteiger partial charge < -0.3 is 9.32 Å². The van der Waals surface area contributed by atoms with Gasteiger partial charge in [-0.2, -0.15) is 0 Å². The van der Waals surface area contributed by atoms with Gasteiger partial charge in [0.25, 0.3) is 0 Å². The Bertz CT molecular complexity index is 1110. The van der Waals surface area contributed by atoms with Gasteiger partial charge in [-0.05, 0) is 46.1 Å². The van der Waals surface area contributed by atoms with E-state index in [1.807, 2.05) is 30.3 Å². The van der Waals surface area contributed by atoms with Crippen LogP contribution in [0.1, 0.15) is 34.9 Å². The summed E-state index contributed by atoms with van der Waals surface area (Å²) in [6.07, 6.45) is 0.0885. The molecule has 142 valence electrons. The Kier molecular flexibility index (Phi) is 4.85. The summed E-state index contributed by atoms with van der Waals surface area (Å²) in [4.78, 5) is 14.8. The number of nitrogens with zero attached hydrogens (tertiary/aromatic N) is 3. The van der Waals surface area contributed by atoms with Crippen LogP contribution in [0, 0.1) is 19.7 Å². The van der Waals surface area contributed by atoms with E-state index in [2.05, 4.69) is 26.1 Å². The van der Waals surface area contributed by atoms with Crippen molar-refractivity contribution in [3.63, 3.8) is 0 Å². The SMILES string of the molecule is Cc1nnc(C2=C(Br)c3ccccc3N(Cc3ccc(C)c(F)c3)C(=O)C2)o1. The quantitative estimate of drug-likeness (QED) is 0.571. The molecule has 4 rings (SSSR count). The van der Waals surface area contributed by atoms with Gasteiger partial charge in [-0.15, -0.1) is 10.2 Å². The first-order chi connectivity index (χ1) is 13.4. The number of benzene rings is 2. The maximum absolute atomic E-state index is 14.0. The molecule has 0 radical (unpaired) electrons. The Morgan fingerprint density at radius 2 is 1.96 bits per heavy atom. The molecule has 2 heterocycles. The molecular formula is C21H17BrFN3O2. The van der Waals surface area contributed by atoms with Crippen molar-refractivity contribution in [3.8, 4) is 0 Å². The molecule has 0 bridgehead atoms. The maximum atomic E-state index is 14.0. The lowest BCUT2D eigenvalue weighted by Crippen LogP contribution is -2.30. The number of carbonyl (C=O) groups is 1. The molecule has 1 amide bonds. The molecule has 3 aromatic rings. The topological polar surface area (TPSA) is 59.2 Å². The lowest BCUT2D eigenvalue weighted by Gasteiger charge is -2.23. The molecule has 0 unspecified atom stereocenters. The molecule has 2 aromatic carbocycles. The highest BCUT2D eigenvalue weighted by Gasteiger charge is 2.29. The van der Waals surface area contributed by atoms with Crippen molar-refractivity contribution < 1.29 is 13.6 Å². The molecule has 0 saturated carbocycles. The highest BCUT2D eigenvalue weighted by atomic mass is 79.9. The van der Waals surface area contributed by atoms with Gasteiger partial charge in [-0.25, -0.2) is 4.39 Å². The third kappa shape index (κ3) is 3.38. The van der Waals surface area contributed by atoms with Crippen molar-refractivity contribution in [2.75, 3.05) is 4.90 Å². The van der Waals surface area contributed by atoms with E-state index in [1.165, 1.54) is 6.07 Å². The average molecular weight is 442 g/mol. The van der Waals surface area contributed by atoms with Crippen molar-refractivity contribution in [3.05, 3.63) is 76.8 Å². The fraction of sp³-hybridized carbons (Fsp3) is 0.190. The van der Waals surface area contributed by atoms with E-state index in [0.717, 1.165) is 21.3 Å². The number of carbonyl (C=O) groups excluding carboxylic acids is 1. The van der Waals surface area contributed by atoms with Gasteiger partial charge in [0, 0.05) is 22.5 Å². The molecule has 0 aliphatic carbocycles. The molecular weight excluding hydrogens is 425 g/mol. The average Bonchev–Trinajstić information content (AvgIpc) is 3.08. The zero-order valence-electron chi connectivity index (χ0n) is 15.4. The number of rotatable bonds is 3. The molecule has 1 aromatic heterocycles. The monoisotopic (exact) mass is 441 g/mol. The van der Waals surface area contributed by atoms with Crippen molar-refractivity contribution in [2.24, 2.45) is 0 Å². The fourth-order valence-corrected chi connectivity index (χ4v) is 3.84. The van der Waals surface area contributed by atoms with E-state index < -0.39 is 0 Å². The highest BCUT2D eigenvalue weighted by molar-refractivity contribution is 9.15. The third-order valence-corrected chi connectivity index (χ3v) is 5.59. The van der Waals surface area contributed by atoms with E-state index in [9.17, 15) is 9.18 Å². The van der Waals surface area contributed by atoms with Gasteiger partial charge in [0.2, 0.25) is 17.7 Å². The molecule has 7 heteroatoms. The summed E-state index contributed by atoms with van der Waals surface area (Å²) < 4.78 is 20.3. The summed E-state index contributed by atoms with van der Waals surface area (Å²) in [5, 5.41) is 7.95. The van der Waals surface area contributed by atoms with Crippen LogP contribution in [0.15, 0.2) is 46.9 Å². The van der Waals surface area contributed by atoms with Gasteiger partial charge >= 0.3 is 0 Å². The molecule has 1 aliphatic heterocycles. The number of aromatic nitrogens is 2. The number of aryl methyl sites for hydroxylation is 2. The molecule has 0 saturated heterocycles. The van der Waals surface area contributed by atoms with E-state index in [0.29, 0.717) is 22.9 Å². The van der Waals surface area contributed by atoms with Gasteiger partial charge in [-0.3, -0.25) is 4.79 Å². The minimum absolute atomic E-state index is 0.0885. The van der Waals surface area contributed by atoms with Crippen molar-refractivity contribution in [2.45, 2.75) is 26.8 Å². The normalized spacial score (nSPS) is 14.3. The largest absolute Gasteiger partial charge is 0.421 e. The summed E-state index contributed by atoms with van der Waals surface area (Å²) in [7, 11) is 0.